The maximum absolute atomic E-state index is 9.60. The van der Waals surface area contributed by atoms with Crippen molar-refractivity contribution in [2.75, 3.05) is 0 Å². The van der Waals surface area contributed by atoms with Crippen molar-refractivity contribution in [2.24, 2.45) is 0 Å². The van der Waals surface area contributed by atoms with Crippen molar-refractivity contribution in [3.05, 3.63) is 66.0 Å². The standard InChI is InChI=1S/C17H14O11/c18-9-1-3-12-11(7-9)16(28-27-12)23-15-5-6-21-17(24-15)22-10-2-4-13(25-19)14(8-10)26-20/h1-8,12,15,17-20H. The Kier molecular flexibility index (Phi) is 4.95. The van der Waals surface area contributed by atoms with E-state index < -0.39 is 18.9 Å². The Labute approximate surface area is 157 Å². The molecule has 0 radical (unpaired) electrons. The molecule has 0 saturated heterocycles. The van der Waals surface area contributed by atoms with Gasteiger partial charge in [0.05, 0.1) is 11.8 Å². The zero-order chi connectivity index (χ0) is 19.5. The van der Waals surface area contributed by atoms with Gasteiger partial charge in [-0.05, 0) is 30.4 Å². The highest BCUT2D eigenvalue weighted by atomic mass is 17.2. The molecule has 1 aromatic carbocycles. The van der Waals surface area contributed by atoms with E-state index in [2.05, 4.69) is 9.78 Å². The van der Waals surface area contributed by atoms with Crippen LogP contribution in [0.2, 0.25) is 0 Å². The summed E-state index contributed by atoms with van der Waals surface area (Å²) in [6.07, 6.45) is 5.85. The summed E-state index contributed by atoms with van der Waals surface area (Å²) in [4.78, 5) is 18.2. The minimum absolute atomic E-state index is 0.0246. The van der Waals surface area contributed by atoms with E-state index in [9.17, 15) is 5.11 Å². The van der Waals surface area contributed by atoms with E-state index in [0.29, 0.717) is 5.57 Å². The van der Waals surface area contributed by atoms with Crippen LogP contribution in [-0.4, -0.2) is 34.5 Å². The molecule has 2 heterocycles. The maximum Gasteiger partial charge on any atom is 0.363 e. The SMILES string of the molecule is OOc1ccc(OC2OC=CC(OC3=C4C=C(O)C=CC4OO3)O2)cc1OO. The summed E-state index contributed by atoms with van der Waals surface area (Å²) >= 11 is 0. The summed E-state index contributed by atoms with van der Waals surface area (Å²) in [5, 5.41) is 27.1. The summed E-state index contributed by atoms with van der Waals surface area (Å²) in [7, 11) is 0. The van der Waals surface area contributed by atoms with Crippen LogP contribution in [0.4, 0.5) is 0 Å². The Hall–Kier alpha value is -3.38. The van der Waals surface area contributed by atoms with Crippen molar-refractivity contribution in [3.63, 3.8) is 0 Å². The molecule has 1 aliphatic carbocycles. The van der Waals surface area contributed by atoms with Crippen molar-refractivity contribution in [2.45, 2.75) is 18.9 Å². The van der Waals surface area contributed by atoms with E-state index >= 15 is 0 Å². The van der Waals surface area contributed by atoms with Crippen molar-refractivity contribution in [1.29, 1.82) is 0 Å². The second-order valence-corrected chi connectivity index (χ2v) is 5.56. The second-order valence-electron chi connectivity index (χ2n) is 5.56. The Morgan fingerprint density at radius 1 is 1.00 bits per heavy atom. The first-order chi connectivity index (χ1) is 13.7. The molecule has 0 fully saturated rings. The van der Waals surface area contributed by atoms with Gasteiger partial charge in [0.1, 0.15) is 11.5 Å². The van der Waals surface area contributed by atoms with Crippen LogP contribution in [0.25, 0.3) is 0 Å². The topological polar surface area (TPSA) is 135 Å². The average Bonchev–Trinajstić information content (AvgIpc) is 3.10. The first-order valence-electron chi connectivity index (χ1n) is 7.90. The third-order valence-corrected chi connectivity index (χ3v) is 3.75. The monoisotopic (exact) mass is 394 g/mol. The van der Waals surface area contributed by atoms with E-state index in [4.69, 9.17) is 39.2 Å². The minimum atomic E-state index is -1.21. The lowest BCUT2D eigenvalue weighted by molar-refractivity contribution is -0.325. The van der Waals surface area contributed by atoms with Crippen molar-refractivity contribution in [1.82, 2.24) is 0 Å². The predicted molar refractivity (Wildman–Crippen MR) is 86.4 cm³/mol. The number of rotatable bonds is 6. The second kappa shape index (κ2) is 7.70. The summed E-state index contributed by atoms with van der Waals surface area (Å²) in [6.45, 7) is -1.21. The van der Waals surface area contributed by atoms with Gasteiger partial charge < -0.3 is 29.1 Å². The van der Waals surface area contributed by atoms with Gasteiger partial charge in [0.15, 0.2) is 6.10 Å². The minimum Gasteiger partial charge on any atom is -0.508 e. The highest BCUT2D eigenvalue weighted by Gasteiger charge is 2.33. The van der Waals surface area contributed by atoms with Crippen LogP contribution in [0.1, 0.15) is 0 Å². The quantitative estimate of drug-likeness (QED) is 0.485. The molecule has 3 aliphatic rings. The zero-order valence-corrected chi connectivity index (χ0v) is 14.0. The van der Waals surface area contributed by atoms with Gasteiger partial charge in [0.25, 0.3) is 0 Å². The van der Waals surface area contributed by atoms with Crippen LogP contribution in [0.3, 0.4) is 0 Å². The van der Waals surface area contributed by atoms with Gasteiger partial charge in [-0.3, -0.25) is 9.62 Å². The molecule has 3 unspecified atom stereocenters. The normalized spacial score (nSPS) is 25.4. The van der Waals surface area contributed by atoms with Crippen LogP contribution in [-0.2, 0) is 24.0 Å². The highest BCUT2D eigenvalue weighted by molar-refractivity contribution is 5.45. The summed E-state index contributed by atoms with van der Waals surface area (Å²) < 4.78 is 21.7. The van der Waals surface area contributed by atoms with Gasteiger partial charge in [0, 0.05) is 12.1 Å². The summed E-state index contributed by atoms with van der Waals surface area (Å²) in [6, 6.07) is 3.94. The highest BCUT2D eigenvalue weighted by Crippen LogP contribution is 2.33. The van der Waals surface area contributed by atoms with Crippen LogP contribution in [0.5, 0.6) is 17.2 Å². The molecule has 3 N–H and O–H groups in total. The molecule has 0 aromatic heterocycles. The van der Waals surface area contributed by atoms with E-state index in [1.54, 1.807) is 6.08 Å². The molecule has 28 heavy (non-hydrogen) atoms. The summed E-state index contributed by atoms with van der Waals surface area (Å²) in [5.41, 5.74) is 0.491. The number of hydrogen-bond acceptors (Lipinski definition) is 11. The van der Waals surface area contributed by atoms with E-state index in [0.717, 1.165) is 0 Å². The third kappa shape index (κ3) is 3.68. The number of aliphatic hydroxyl groups is 1. The van der Waals surface area contributed by atoms with Crippen molar-refractivity contribution < 1.29 is 54.1 Å². The first-order valence-corrected chi connectivity index (χ1v) is 7.90. The number of fused-ring (bicyclic) bond motifs is 1. The van der Waals surface area contributed by atoms with Gasteiger partial charge in [-0.1, -0.05) is 0 Å². The lowest BCUT2D eigenvalue weighted by Gasteiger charge is -2.26. The van der Waals surface area contributed by atoms with Crippen LogP contribution >= 0.6 is 0 Å². The number of aliphatic hydroxyl groups excluding tert-OH is 1. The van der Waals surface area contributed by atoms with Gasteiger partial charge >= 0.3 is 12.4 Å². The van der Waals surface area contributed by atoms with Crippen molar-refractivity contribution in [3.8, 4) is 17.2 Å². The molecule has 0 spiro atoms. The van der Waals surface area contributed by atoms with Gasteiger partial charge in [-0.15, -0.1) is 0 Å². The molecule has 148 valence electrons. The lowest BCUT2D eigenvalue weighted by atomic mass is 10.1. The first kappa shape index (κ1) is 18.0. The Bertz CT molecular complexity index is 857. The van der Waals surface area contributed by atoms with Crippen molar-refractivity contribution >= 4 is 0 Å². The Morgan fingerprint density at radius 2 is 1.86 bits per heavy atom. The van der Waals surface area contributed by atoms with Crippen LogP contribution in [0, 0.1) is 0 Å². The Balaban J connectivity index is 1.41. The van der Waals surface area contributed by atoms with Crippen LogP contribution < -0.4 is 14.5 Å². The molecule has 4 rings (SSSR count). The molecule has 0 amide bonds. The molecule has 11 heteroatoms. The number of allylic oxidation sites excluding steroid dienone is 1. The maximum atomic E-state index is 9.60. The molecule has 3 atom stereocenters. The van der Waals surface area contributed by atoms with Crippen LogP contribution in [0.15, 0.2) is 66.0 Å². The molecule has 1 aromatic rings. The fourth-order valence-corrected chi connectivity index (χ4v) is 2.48. The number of benzene rings is 1. The fraction of sp³-hybridized carbons (Fsp3) is 0.176. The predicted octanol–water partition coefficient (Wildman–Crippen LogP) is 2.51. The molecular formula is C17H14O11. The van der Waals surface area contributed by atoms with E-state index in [-0.39, 0.29) is 29.0 Å². The Morgan fingerprint density at radius 3 is 2.68 bits per heavy atom. The molecule has 0 saturated carbocycles. The van der Waals surface area contributed by atoms with Gasteiger partial charge in [-0.25, -0.2) is 10.5 Å². The third-order valence-electron chi connectivity index (χ3n) is 3.75. The number of ether oxygens (including phenoxy) is 4. The lowest BCUT2D eigenvalue weighted by Crippen LogP contribution is -2.32. The van der Waals surface area contributed by atoms with E-state index in [1.807, 2.05) is 0 Å². The average molecular weight is 394 g/mol. The number of hydrogen-bond donors (Lipinski definition) is 3. The molecule has 11 nitrogen and oxygen atoms in total. The fourth-order valence-electron chi connectivity index (χ4n) is 2.48. The van der Waals surface area contributed by atoms with Gasteiger partial charge in [-0.2, -0.15) is 4.89 Å². The smallest absolute Gasteiger partial charge is 0.363 e. The van der Waals surface area contributed by atoms with Gasteiger partial charge in [0.2, 0.25) is 17.8 Å². The molecule has 0 bridgehead atoms. The zero-order valence-electron chi connectivity index (χ0n) is 14.0. The summed E-state index contributed by atoms with van der Waals surface area (Å²) in [5.74, 6) is -0.0807. The molecular weight excluding hydrogens is 380 g/mol. The largest absolute Gasteiger partial charge is 0.508 e. The van der Waals surface area contributed by atoms with E-state index in [1.165, 1.54) is 42.7 Å². The molecule has 2 aliphatic heterocycles.